The van der Waals surface area contributed by atoms with Crippen LogP contribution in [-0.4, -0.2) is 45.7 Å². The Morgan fingerprint density at radius 3 is 2.62 bits per heavy atom. The molecule has 2 N–H and O–H groups in total. The van der Waals surface area contributed by atoms with Crippen LogP contribution in [0.5, 0.6) is 0 Å². The fourth-order valence-corrected chi connectivity index (χ4v) is 7.47. The standard InChI is InChI=1S/C25H33N5O2/c31-23-4-6-29(7-5-26-23)15-20-16-30-21(27-20)2-1-3-22(30)28-24(32)14-25-11-17-8-18(12-25)10-19(9-17)13-25/h1-3,16-19H,4-15H2,(H,26,31)(H,28,32). The van der Waals surface area contributed by atoms with E-state index in [2.05, 4.69) is 15.5 Å². The van der Waals surface area contributed by atoms with Gasteiger partial charge in [-0.1, -0.05) is 6.07 Å². The van der Waals surface area contributed by atoms with E-state index in [0.29, 0.717) is 25.9 Å². The molecule has 7 rings (SSSR count). The number of nitrogens with one attached hydrogen (secondary N) is 2. The van der Waals surface area contributed by atoms with E-state index in [9.17, 15) is 9.59 Å². The van der Waals surface area contributed by atoms with Gasteiger partial charge in [0, 0.05) is 45.2 Å². The zero-order valence-electron chi connectivity index (χ0n) is 18.7. The minimum atomic E-state index is 0.117. The minimum Gasteiger partial charge on any atom is -0.355 e. The molecule has 0 unspecified atom stereocenters. The molecule has 4 aliphatic carbocycles. The highest BCUT2D eigenvalue weighted by atomic mass is 16.2. The monoisotopic (exact) mass is 435 g/mol. The van der Waals surface area contributed by atoms with Crippen LogP contribution in [0.4, 0.5) is 5.82 Å². The number of amides is 2. The first-order chi connectivity index (χ1) is 15.5. The maximum absolute atomic E-state index is 13.1. The van der Waals surface area contributed by atoms with Crippen molar-refractivity contribution in [3.8, 4) is 0 Å². The molecule has 0 radical (unpaired) electrons. The van der Waals surface area contributed by atoms with E-state index in [0.717, 1.165) is 48.0 Å². The summed E-state index contributed by atoms with van der Waals surface area (Å²) >= 11 is 0. The summed E-state index contributed by atoms with van der Waals surface area (Å²) in [6, 6.07) is 5.90. The van der Waals surface area contributed by atoms with Gasteiger partial charge in [0.15, 0.2) is 0 Å². The fraction of sp³-hybridized carbons (Fsp3) is 0.640. The number of nitrogens with zero attached hydrogens (tertiary/aromatic N) is 3. The second-order valence-electron chi connectivity index (χ2n) is 10.9. The van der Waals surface area contributed by atoms with Gasteiger partial charge in [0.2, 0.25) is 11.8 Å². The normalized spacial score (nSPS) is 32.1. The Hall–Kier alpha value is -2.41. The summed E-state index contributed by atoms with van der Waals surface area (Å²) in [7, 11) is 0. The van der Waals surface area contributed by atoms with Crippen LogP contribution in [0.2, 0.25) is 0 Å². The van der Waals surface area contributed by atoms with Crippen molar-refractivity contribution in [2.75, 3.05) is 25.0 Å². The molecule has 5 fully saturated rings. The second kappa shape index (κ2) is 7.87. The van der Waals surface area contributed by atoms with Crippen molar-refractivity contribution in [3.05, 3.63) is 30.1 Å². The van der Waals surface area contributed by atoms with E-state index >= 15 is 0 Å². The molecule has 1 aliphatic heterocycles. The number of fused-ring (bicyclic) bond motifs is 1. The molecule has 2 aromatic rings. The summed E-state index contributed by atoms with van der Waals surface area (Å²) in [5.41, 5.74) is 2.05. The molecule has 1 saturated heterocycles. The van der Waals surface area contributed by atoms with Gasteiger partial charge in [-0.2, -0.15) is 0 Å². The quantitative estimate of drug-likeness (QED) is 0.756. The van der Waals surface area contributed by atoms with Crippen molar-refractivity contribution in [1.82, 2.24) is 19.6 Å². The molecule has 3 heterocycles. The van der Waals surface area contributed by atoms with Gasteiger partial charge in [-0.05, 0) is 73.8 Å². The Balaban J connectivity index is 1.15. The van der Waals surface area contributed by atoms with Crippen LogP contribution in [0.1, 0.15) is 57.1 Å². The fourth-order valence-electron chi connectivity index (χ4n) is 7.47. The molecular weight excluding hydrogens is 402 g/mol. The first-order valence-electron chi connectivity index (χ1n) is 12.3. The van der Waals surface area contributed by atoms with E-state index < -0.39 is 0 Å². The molecule has 0 atom stereocenters. The van der Waals surface area contributed by atoms with Crippen LogP contribution in [0.15, 0.2) is 24.4 Å². The van der Waals surface area contributed by atoms with Crippen LogP contribution in [0, 0.1) is 23.2 Å². The molecule has 2 aromatic heterocycles. The average Bonchev–Trinajstić information content (AvgIpc) is 3.03. The molecule has 0 spiro atoms. The van der Waals surface area contributed by atoms with Gasteiger partial charge < -0.3 is 10.6 Å². The molecule has 5 aliphatic rings. The lowest BCUT2D eigenvalue weighted by Gasteiger charge is -2.56. The first kappa shape index (κ1) is 20.2. The lowest BCUT2D eigenvalue weighted by atomic mass is 9.49. The van der Waals surface area contributed by atoms with Gasteiger partial charge >= 0.3 is 0 Å². The summed E-state index contributed by atoms with van der Waals surface area (Å²) < 4.78 is 1.99. The van der Waals surface area contributed by atoms with Gasteiger partial charge in [0.05, 0.1) is 5.69 Å². The first-order valence-corrected chi connectivity index (χ1v) is 12.3. The largest absolute Gasteiger partial charge is 0.355 e. The number of hydrogen-bond acceptors (Lipinski definition) is 4. The Morgan fingerprint density at radius 2 is 1.88 bits per heavy atom. The molecule has 170 valence electrons. The summed E-state index contributed by atoms with van der Waals surface area (Å²) in [6.45, 7) is 2.96. The number of imidazole rings is 1. The van der Waals surface area contributed by atoms with Crippen LogP contribution in [0.25, 0.3) is 5.65 Å². The second-order valence-corrected chi connectivity index (χ2v) is 10.9. The smallest absolute Gasteiger partial charge is 0.226 e. The maximum atomic E-state index is 13.1. The highest BCUT2D eigenvalue weighted by Crippen LogP contribution is 2.61. The highest BCUT2D eigenvalue weighted by Gasteiger charge is 2.51. The van der Waals surface area contributed by atoms with Crippen molar-refractivity contribution in [2.24, 2.45) is 23.2 Å². The molecule has 2 amide bonds. The van der Waals surface area contributed by atoms with E-state index in [1.807, 2.05) is 28.8 Å². The van der Waals surface area contributed by atoms with E-state index in [4.69, 9.17) is 4.98 Å². The predicted molar refractivity (Wildman–Crippen MR) is 122 cm³/mol. The summed E-state index contributed by atoms with van der Waals surface area (Å²) in [4.78, 5) is 31.8. The third kappa shape index (κ3) is 3.91. The maximum Gasteiger partial charge on any atom is 0.226 e. The highest BCUT2D eigenvalue weighted by molar-refractivity contribution is 5.90. The van der Waals surface area contributed by atoms with Gasteiger partial charge in [0.25, 0.3) is 0 Å². The molecular formula is C25H33N5O2. The molecule has 7 heteroatoms. The van der Waals surface area contributed by atoms with Crippen molar-refractivity contribution >= 4 is 23.3 Å². The lowest BCUT2D eigenvalue weighted by Crippen LogP contribution is -2.47. The number of aromatic nitrogens is 2. The van der Waals surface area contributed by atoms with E-state index in [-0.39, 0.29) is 17.2 Å². The Labute approximate surface area is 188 Å². The molecule has 0 aromatic carbocycles. The van der Waals surface area contributed by atoms with E-state index in [1.165, 1.54) is 38.5 Å². The number of anilines is 1. The lowest BCUT2D eigenvalue weighted by molar-refractivity contribution is -0.124. The van der Waals surface area contributed by atoms with Crippen molar-refractivity contribution < 1.29 is 9.59 Å². The van der Waals surface area contributed by atoms with Gasteiger partial charge in [0.1, 0.15) is 11.5 Å². The topological polar surface area (TPSA) is 78.7 Å². The number of rotatable bonds is 5. The molecule has 32 heavy (non-hydrogen) atoms. The average molecular weight is 436 g/mol. The van der Waals surface area contributed by atoms with Crippen molar-refractivity contribution in [3.63, 3.8) is 0 Å². The van der Waals surface area contributed by atoms with Gasteiger partial charge in [-0.3, -0.25) is 18.9 Å². The minimum absolute atomic E-state index is 0.117. The van der Waals surface area contributed by atoms with Crippen LogP contribution < -0.4 is 10.6 Å². The third-order valence-electron chi connectivity index (χ3n) is 8.30. The van der Waals surface area contributed by atoms with Gasteiger partial charge in [-0.25, -0.2) is 4.98 Å². The van der Waals surface area contributed by atoms with E-state index in [1.54, 1.807) is 0 Å². The van der Waals surface area contributed by atoms with Crippen molar-refractivity contribution in [2.45, 2.75) is 57.9 Å². The summed E-state index contributed by atoms with van der Waals surface area (Å²) in [6.07, 6.45) is 11.2. The van der Waals surface area contributed by atoms with Crippen LogP contribution >= 0.6 is 0 Å². The number of pyridine rings is 1. The van der Waals surface area contributed by atoms with Crippen molar-refractivity contribution in [1.29, 1.82) is 0 Å². The number of carbonyl (C=O) groups is 2. The SMILES string of the molecule is O=C1CCN(Cc2cn3c(NC(=O)CC45CC6CC(CC(C6)C4)C5)cccc3n2)CCN1. The Morgan fingerprint density at radius 1 is 1.12 bits per heavy atom. The van der Waals surface area contributed by atoms with Crippen LogP contribution in [-0.2, 0) is 16.1 Å². The number of carbonyl (C=O) groups excluding carboxylic acids is 2. The third-order valence-corrected chi connectivity index (χ3v) is 8.30. The van der Waals surface area contributed by atoms with Crippen LogP contribution in [0.3, 0.4) is 0 Å². The predicted octanol–water partition coefficient (Wildman–Crippen LogP) is 3.20. The molecule has 4 saturated carbocycles. The summed E-state index contributed by atoms with van der Waals surface area (Å²) in [5.74, 6) is 3.64. The zero-order valence-corrected chi connectivity index (χ0v) is 18.7. The molecule has 4 bridgehead atoms. The zero-order chi connectivity index (χ0) is 21.7. The van der Waals surface area contributed by atoms with Gasteiger partial charge in [-0.15, -0.1) is 0 Å². The Bertz CT molecular complexity index is 1010. The number of hydrogen-bond donors (Lipinski definition) is 2. The summed E-state index contributed by atoms with van der Waals surface area (Å²) in [5, 5.41) is 6.13. The molecule has 7 nitrogen and oxygen atoms in total. The Kier molecular flexibility index (Phi) is 4.97.